The molecule has 0 heterocycles. The first-order valence-electron chi connectivity index (χ1n) is 16.7. The molecule has 0 aliphatic heterocycles. The minimum atomic E-state index is -0.890. The molecule has 0 fully saturated rings. The van der Waals surface area contributed by atoms with Crippen molar-refractivity contribution in [3.63, 3.8) is 0 Å². The van der Waals surface area contributed by atoms with Gasteiger partial charge in [0.2, 0.25) is 0 Å². The number of carboxylic acids is 1. The molecule has 0 spiro atoms. The van der Waals surface area contributed by atoms with E-state index in [0.717, 1.165) is 38.5 Å². The Kier molecular flexibility index (Phi) is 26.1. The maximum absolute atomic E-state index is 12.5. The van der Waals surface area contributed by atoms with E-state index in [9.17, 15) is 19.5 Å². The van der Waals surface area contributed by atoms with E-state index in [2.05, 4.69) is 62.5 Å². The van der Waals surface area contributed by atoms with Crippen LogP contribution in [0.1, 0.15) is 110 Å². The van der Waals surface area contributed by atoms with E-state index in [1.807, 2.05) is 21.1 Å². The lowest BCUT2D eigenvalue weighted by atomic mass is 10.1. The molecule has 2 atom stereocenters. The van der Waals surface area contributed by atoms with Gasteiger partial charge in [0.25, 0.3) is 0 Å². The van der Waals surface area contributed by atoms with Gasteiger partial charge in [0.05, 0.1) is 34.4 Å². The first kappa shape index (κ1) is 41.3. The Hall–Kier alpha value is -2.71. The van der Waals surface area contributed by atoms with Crippen molar-refractivity contribution in [2.24, 2.45) is 0 Å². The van der Waals surface area contributed by atoms with Gasteiger partial charge in [0.15, 0.2) is 12.1 Å². The normalized spacial score (nSPS) is 13.8. The van der Waals surface area contributed by atoms with Crippen molar-refractivity contribution in [2.75, 3.05) is 41.0 Å². The molecule has 0 amide bonds. The highest BCUT2D eigenvalue weighted by Crippen LogP contribution is 2.10. The highest BCUT2D eigenvalue weighted by Gasteiger charge is 2.31. The van der Waals surface area contributed by atoms with Crippen LogP contribution in [0.25, 0.3) is 0 Å². The fourth-order valence-corrected chi connectivity index (χ4v) is 4.35. The quantitative estimate of drug-likeness (QED) is 0.0413. The average Bonchev–Trinajstić information content (AvgIpc) is 2.96. The predicted octanol–water partition coefficient (Wildman–Crippen LogP) is 7.73. The van der Waals surface area contributed by atoms with Gasteiger partial charge in [-0.3, -0.25) is 9.59 Å². The Morgan fingerprint density at radius 1 is 0.705 bits per heavy atom. The van der Waals surface area contributed by atoms with E-state index in [1.54, 1.807) is 0 Å². The van der Waals surface area contributed by atoms with Crippen LogP contribution in [-0.2, 0) is 28.6 Å². The van der Waals surface area contributed by atoms with Gasteiger partial charge in [-0.2, -0.15) is 0 Å². The summed E-state index contributed by atoms with van der Waals surface area (Å²) in [4.78, 5) is 36.5. The molecule has 0 rings (SSSR count). The predicted molar refractivity (Wildman–Crippen MR) is 178 cm³/mol. The number of aliphatic carboxylic acids is 1. The van der Waals surface area contributed by atoms with E-state index in [-0.39, 0.29) is 49.1 Å². The number of unbranched alkanes of at least 4 members (excludes halogenated alkanes) is 6. The molecule has 0 saturated heterocycles. The number of hydrogen-bond donors (Lipinski definition) is 1. The Labute approximate surface area is 267 Å². The minimum Gasteiger partial charge on any atom is -0.477 e. The first-order chi connectivity index (χ1) is 21.1. The van der Waals surface area contributed by atoms with Crippen molar-refractivity contribution in [1.29, 1.82) is 0 Å². The van der Waals surface area contributed by atoms with Crippen LogP contribution in [-0.4, -0.2) is 80.6 Å². The van der Waals surface area contributed by atoms with Gasteiger partial charge in [-0.1, -0.05) is 81.7 Å². The lowest BCUT2D eigenvalue weighted by Gasteiger charge is -2.31. The standard InChI is InChI=1S/C36H61NO7/c1-6-8-10-12-14-16-17-19-20-22-24-26-34(38)43-31-32(30-42-29-28-33(36(40)41)37(3,4)5)44-35(39)27-25-23-21-18-15-13-11-9-7-2/h8,10,14,16,18-21,32-33H,6-7,9,11-13,15,17,22-31H2,1-5H3/p+1/b10-8+,16-14+,20-19+,21-18+. The van der Waals surface area contributed by atoms with Gasteiger partial charge in [0, 0.05) is 19.3 Å². The molecule has 8 heteroatoms. The summed E-state index contributed by atoms with van der Waals surface area (Å²) in [6.45, 7) is 4.45. The summed E-state index contributed by atoms with van der Waals surface area (Å²) in [6.07, 6.45) is 29.0. The van der Waals surface area contributed by atoms with Gasteiger partial charge in [-0.05, 0) is 57.8 Å². The van der Waals surface area contributed by atoms with Crippen molar-refractivity contribution in [2.45, 2.75) is 122 Å². The molecule has 1 N–H and O–H groups in total. The summed E-state index contributed by atoms with van der Waals surface area (Å²) in [5.74, 6) is -1.59. The molecular weight excluding hydrogens is 558 g/mol. The first-order valence-corrected chi connectivity index (χ1v) is 16.7. The number of allylic oxidation sites excluding steroid dienone is 8. The zero-order chi connectivity index (χ0) is 32.9. The smallest absolute Gasteiger partial charge is 0.362 e. The van der Waals surface area contributed by atoms with Crippen molar-refractivity contribution >= 4 is 17.9 Å². The number of likely N-dealkylation sites (N-methyl/N-ethyl adjacent to an activating group) is 1. The number of carboxylic acid groups (broad SMARTS) is 1. The molecule has 2 unspecified atom stereocenters. The third kappa shape index (κ3) is 25.8. The lowest BCUT2D eigenvalue weighted by molar-refractivity contribution is -0.887. The second-order valence-electron chi connectivity index (χ2n) is 12.0. The number of hydrogen-bond acceptors (Lipinski definition) is 6. The molecule has 0 aromatic carbocycles. The maximum atomic E-state index is 12.5. The molecule has 0 radical (unpaired) electrons. The molecule has 0 bridgehead atoms. The number of carbonyl (C=O) groups excluding carboxylic acids is 2. The zero-order valence-electron chi connectivity index (χ0n) is 28.3. The monoisotopic (exact) mass is 620 g/mol. The fraction of sp³-hybridized carbons (Fsp3) is 0.694. The van der Waals surface area contributed by atoms with Crippen molar-refractivity contribution in [3.8, 4) is 0 Å². The van der Waals surface area contributed by atoms with Crippen LogP contribution >= 0.6 is 0 Å². The molecule has 0 aliphatic carbocycles. The van der Waals surface area contributed by atoms with Crippen molar-refractivity contribution in [1.82, 2.24) is 0 Å². The Morgan fingerprint density at radius 2 is 1.27 bits per heavy atom. The third-order valence-electron chi connectivity index (χ3n) is 6.96. The summed E-state index contributed by atoms with van der Waals surface area (Å²) in [5, 5.41) is 9.53. The summed E-state index contributed by atoms with van der Waals surface area (Å²) in [6, 6.07) is -0.624. The fourth-order valence-electron chi connectivity index (χ4n) is 4.35. The maximum Gasteiger partial charge on any atom is 0.362 e. The average molecular weight is 621 g/mol. The van der Waals surface area contributed by atoms with E-state index < -0.39 is 18.1 Å². The largest absolute Gasteiger partial charge is 0.477 e. The topological polar surface area (TPSA) is 99.1 Å². The number of nitrogens with zero attached hydrogens (tertiary/aromatic N) is 1. The molecular formula is C36H62NO7+. The van der Waals surface area contributed by atoms with Gasteiger partial charge in [-0.15, -0.1) is 0 Å². The Bertz CT molecular complexity index is 870. The van der Waals surface area contributed by atoms with E-state index >= 15 is 0 Å². The van der Waals surface area contributed by atoms with Crippen LogP contribution in [0.5, 0.6) is 0 Å². The summed E-state index contributed by atoms with van der Waals surface area (Å²) >= 11 is 0. The highest BCUT2D eigenvalue weighted by atomic mass is 16.6. The molecule has 44 heavy (non-hydrogen) atoms. The molecule has 252 valence electrons. The van der Waals surface area contributed by atoms with Gasteiger partial charge < -0.3 is 23.8 Å². The summed E-state index contributed by atoms with van der Waals surface area (Å²) in [5.41, 5.74) is 0. The molecule has 0 saturated carbocycles. The van der Waals surface area contributed by atoms with Crippen LogP contribution < -0.4 is 0 Å². The van der Waals surface area contributed by atoms with E-state index in [4.69, 9.17) is 14.2 Å². The number of quaternary nitrogens is 1. The lowest BCUT2D eigenvalue weighted by Crippen LogP contribution is -2.50. The summed E-state index contributed by atoms with van der Waals surface area (Å²) in [7, 11) is 5.47. The SMILES string of the molecule is CC/C=C/C/C=C/C/C=C/CCCC(=O)OCC(COCCC(C(=O)O)[N+](C)(C)C)OC(=O)CCC/C=C/CCCCCC. The van der Waals surface area contributed by atoms with E-state index in [1.165, 1.54) is 25.7 Å². The second kappa shape index (κ2) is 27.8. The number of ether oxygens (including phenoxy) is 3. The van der Waals surface area contributed by atoms with Crippen LogP contribution in [0, 0.1) is 0 Å². The second-order valence-corrected chi connectivity index (χ2v) is 12.0. The third-order valence-corrected chi connectivity index (χ3v) is 6.96. The van der Waals surface area contributed by atoms with Crippen LogP contribution in [0.4, 0.5) is 0 Å². The molecule has 8 nitrogen and oxygen atoms in total. The van der Waals surface area contributed by atoms with Gasteiger partial charge in [0.1, 0.15) is 6.61 Å². The number of rotatable bonds is 28. The molecule has 0 aromatic heterocycles. The Morgan fingerprint density at radius 3 is 1.86 bits per heavy atom. The van der Waals surface area contributed by atoms with Crippen molar-refractivity contribution < 1.29 is 38.2 Å². The van der Waals surface area contributed by atoms with Crippen molar-refractivity contribution in [3.05, 3.63) is 48.6 Å². The summed E-state index contributed by atoms with van der Waals surface area (Å²) < 4.78 is 17.0. The minimum absolute atomic E-state index is 0.0324. The zero-order valence-corrected chi connectivity index (χ0v) is 28.3. The van der Waals surface area contributed by atoms with Gasteiger partial charge in [-0.25, -0.2) is 4.79 Å². The number of carbonyl (C=O) groups is 3. The highest BCUT2D eigenvalue weighted by molar-refractivity contribution is 5.72. The van der Waals surface area contributed by atoms with Gasteiger partial charge >= 0.3 is 17.9 Å². The number of esters is 2. The van der Waals surface area contributed by atoms with Crippen LogP contribution in [0.3, 0.4) is 0 Å². The van der Waals surface area contributed by atoms with E-state index in [0.29, 0.717) is 19.3 Å². The Balaban J connectivity index is 4.62. The molecule has 0 aromatic rings. The van der Waals surface area contributed by atoms with Crippen LogP contribution in [0.15, 0.2) is 48.6 Å². The van der Waals surface area contributed by atoms with Crippen LogP contribution in [0.2, 0.25) is 0 Å². The molecule has 0 aliphatic rings.